The number of ether oxygens (including phenoxy) is 1. The third kappa shape index (κ3) is 14.2. The number of nitrogens with one attached hydrogen (secondary N) is 5. The molecule has 0 aromatic rings. The zero-order chi connectivity index (χ0) is 35.4. The first-order valence-corrected chi connectivity index (χ1v) is 16.2. The molecule has 6 amide bonds. The molecule has 14 nitrogen and oxygen atoms in total. The first-order chi connectivity index (χ1) is 21.2. The van der Waals surface area contributed by atoms with Crippen molar-refractivity contribution in [3.8, 4) is 0 Å². The summed E-state index contributed by atoms with van der Waals surface area (Å²) >= 11 is 0. The van der Waals surface area contributed by atoms with Crippen molar-refractivity contribution in [1.29, 1.82) is 0 Å². The molecule has 0 heterocycles. The Morgan fingerprint density at radius 3 is 1.76 bits per heavy atom. The fourth-order valence-corrected chi connectivity index (χ4v) is 4.87. The van der Waals surface area contributed by atoms with Gasteiger partial charge >= 0.3 is 6.09 Å². The molecule has 1 saturated carbocycles. The lowest BCUT2D eigenvalue weighted by atomic mass is 9.89. The molecular formula is C32H56N6O8. The van der Waals surface area contributed by atoms with Crippen LogP contribution >= 0.6 is 0 Å². The standard InChI is InChI=1S/C32H56N6O8/c1-18(2)24(36-29(43)25(19(3)4)37-31(45)46-32(6,7)8)28(42)35-22(16-23(39)38(9)10)27(41)34-20(5)26(40)30(44)33-17-21-14-12-11-13-15-21/h18-22,24-25H,11-17H2,1-10H3,(H,33,44)(H,34,41)(H,35,42)(H,36,43)(H,37,45)/t20?,22-,24?,25-/m0/s1. The average molecular weight is 653 g/mol. The zero-order valence-electron chi connectivity index (χ0n) is 29.2. The molecule has 0 saturated heterocycles. The van der Waals surface area contributed by atoms with Crippen LogP contribution in [0.5, 0.6) is 0 Å². The fraction of sp³-hybridized carbons (Fsp3) is 0.781. The topological polar surface area (TPSA) is 192 Å². The highest BCUT2D eigenvalue weighted by Crippen LogP contribution is 2.22. The van der Waals surface area contributed by atoms with Gasteiger partial charge in [0.1, 0.15) is 23.7 Å². The van der Waals surface area contributed by atoms with Crippen LogP contribution in [0.25, 0.3) is 0 Å². The van der Waals surface area contributed by atoms with Crippen LogP contribution in [0.15, 0.2) is 0 Å². The molecule has 0 aliphatic heterocycles. The van der Waals surface area contributed by atoms with E-state index in [2.05, 4.69) is 26.6 Å². The normalized spacial score (nSPS) is 16.3. The summed E-state index contributed by atoms with van der Waals surface area (Å²) in [4.78, 5) is 91.5. The van der Waals surface area contributed by atoms with E-state index in [9.17, 15) is 33.6 Å². The van der Waals surface area contributed by atoms with Gasteiger partial charge < -0.3 is 36.2 Å². The van der Waals surface area contributed by atoms with E-state index in [1.807, 2.05) is 0 Å². The van der Waals surface area contributed by atoms with Crippen LogP contribution in [0, 0.1) is 17.8 Å². The maximum atomic E-state index is 13.5. The van der Waals surface area contributed by atoms with E-state index >= 15 is 0 Å². The molecule has 0 bridgehead atoms. The smallest absolute Gasteiger partial charge is 0.408 e. The molecule has 0 spiro atoms. The highest BCUT2D eigenvalue weighted by Gasteiger charge is 2.35. The summed E-state index contributed by atoms with van der Waals surface area (Å²) in [5, 5.41) is 12.8. The largest absolute Gasteiger partial charge is 0.444 e. The van der Waals surface area contributed by atoms with Crippen LogP contribution in [0.3, 0.4) is 0 Å². The van der Waals surface area contributed by atoms with Crippen LogP contribution in [-0.4, -0.2) is 96.7 Å². The van der Waals surface area contributed by atoms with Crippen LogP contribution < -0.4 is 26.6 Å². The second-order valence-electron chi connectivity index (χ2n) is 14.0. The van der Waals surface area contributed by atoms with Crippen molar-refractivity contribution < 1.29 is 38.3 Å². The number of amides is 6. The number of ketones is 1. The predicted octanol–water partition coefficient (Wildman–Crippen LogP) is 1.41. The molecule has 1 fully saturated rings. The second-order valence-corrected chi connectivity index (χ2v) is 14.0. The molecular weight excluding hydrogens is 596 g/mol. The monoisotopic (exact) mass is 652 g/mol. The van der Waals surface area contributed by atoms with Crippen molar-refractivity contribution in [3.05, 3.63) is 0 Å². The van der Waals surface area contributed by atoms with Crippen molar-refractivity contribution in [2.24, 2.45) is 17.8 Å². The van der Waals surface area contributed by atoms with Gasteiger partial charge in [-0.1, -0.05) is 47.0 Å². The van der Waals surface area contributed by atoms with E-state index in [1.165, 1.54) is 25.9 Å². The SMILES string of the molecule is CC(NC(=O)[C@H](CC(=O)N(C)C)NC(=O)C(NC(=O)[C@@H](NC(=O)OC(C)(C)C)C(C)C)C(C)C)C(=O)C(=O)NCC1CCCCC1. The first-order valence-electron chi connectivity index (χ1n) is 16.2. The molecule has 5 N–H and O–H groups in total. The second kappa shape index (κ2) is 18.4. The molecule has 1 aliphatic rings. The van der Waals surface area contributed by atoms with Crippen LogP contribution in [0.4, 0.5) is 4.79 Å². The van der Waals surface area contributed by atoms with Crippen molar-refractivity contribution in [2.45, 2.75) is 124 Å². The maximum absolute atomic E-state index is 13.5. The number of Topliss-reactive ketones (excluding diaryl/α,β-unsaturated/α-hetero) is 1. The summed E-state index contributed by atoms with van der Waals surface area (Å²) in [7, 11) is 2.98. The van der Waals surface area contributed by atoms with Gasteiger partial charge in [0.25, 0.3) is 5.91 Å². The molecule has 1 rings (SSSR count). The van der Waals surface area contributed by atoms with Gasteiger partial charge in [-0.3, -0.25) is 28.8 Å². The Labute approximate surface area is 273 Å². The number of alkyl carbamates (subject to hydrolysis) is 1. The molecule has 0 aromatic carbocycles. The van der Waals surface area contributed by atoms with Crippen LogP contribution in [0.1, 0.15) is 93.9 Å². The van der Waals surface area contributed by atoms with Crippen LogP contribution in [0.2, 0.25) is 0 Å². The Morgan fingerprint density at radius 1 is 0.739 bits per heavy atom. The van der Waals surface area contributed by atoms with Crippen molar-refractivity contribution in [3.63, 3.8) is 0 Å². The van der Waals surface area contributed by atoms with Crippen LogP contribution in [-0.2, 0) is 33.5 Å². The van der Waals surface area contributed by atoms with Crippen molar-refractivity contribution >= 4 is 41.4 Å². The van der Waals surface area contributed by atoms with E-state index in [0.29, 0.717) is 12.5 Å². The number of hydrogen-bond donors (Lipinski definition) is 5. The molecule has 0 aromatic heterocycles. The van der Waals surface area contributed by atoms with Gasteiger partial charge in [0.15, 0.2) is 0 Å². The van der Waals surface area contributed by atoms with E-state index in [-0.39, 0.29) is 5.92 Å². The minimum absolute atomic E-state index is 0.310. The van der Waals surface area contributed by atoms with Gasteiger partial charge in [0.2, 0.25) is 29.4 Å². The Hall–Kier alpha value is -3.71. The lowest BCUT2D eigenvalue weighted by molar-refractivity contribution is -0.141. The maximum Gasteiger partial charge on any atom is 0.408 e. The summed E-state index contributed by atoms with van der Waals surface area (Å²) in [6, 6.07) is -4.82. The van der Waals surface area contributed by atoms with Gasteiger partial charge in [-0.25, -0.2) is 4.79 Å². The third-order valence-electron chi connectivity index (χ3n) is 7.63. The average Bonchev–Trinajstić information content (AvgIpc) is 2.95. The third-order valence-corrected chi connectivity index (χ3v) is 7.63. The number of carbonyl (C=O) groups excluding carboxylic acids is 7. The number of carbonyl (C=O) groups is 7. The van der Waals surface area contributed by atoms with E-state index < -0.39 is 83.5 Å². The fourth-order valence-electron chi connectivity index (χ4n) is 4.87. The summed E-state index contributed by atoms with van der Waals surface area (Å²) in [6.07, 6.45) is 4.07. The summed E-state index contributed by atoms with van der Waals surface area (Å²) in [6.45, 7) is 13.6. The molecule has 0 radical (unpaired) electrons. The minimum Gasteiger partial charge on any atom is -0.444 e. The first kappa shape index (κ1) is 40.3. The summed E-state index contributed by atoms with van der Waals surface area (Å²) in [5.41, 5.74) is -0.789. The Bertz CT molecular complexity index is 1090. The Kier molecular flexibility index (Phi) is 16.2. The highest BCUT2D eigenvalue weighted by molar-refractivity contribution is 6.38. The lowest BCUT2D eigenvalue weighted by Gasteiger charge is -2.29. The number of hydrogen-bond acceptors (Lipinski definition) is 8. The molecule has 1 aliphatic carbocycles. The Morgan fingerprint density at radius 2 is 1.26 bits per heavy atom. The molecule has 4 atom stereocenters. The highest BCUT2D eigenvalue weighted by atomic mass is 16.6. The Balaban J connectivity index is 3.01. The van der Waals surface area contributed by atoms with Crippen molar-refractivity contribution in [1.82, 2.24) is 31.5 Å². The predicted molar refractivity (Wildman–Crippen MR) is 172 cm³/mol. The molecule has 14 heteroatoms. The number of rotatable bonds is 15. The summed E-state index contributed by atoms with van der Waals surface area (Å²) in [5.74, 6) is -4.88. The van der Waals surface area contributed by atoms with Gasteiger partial charge in [-0.15, -0.1) is 0 Å². The summed E-state index contributed by atoms with van der Waals surface area (Å²) < 4.78 is 5.27. The molecule has 46 heavy (non-hydrogen) atoms. The van der Waals surface area contributed by atoms with Gasteiger partial charge in [-0.2, -0.15) is 0 Å². The number of nitrogens with zero attached hydrogens (tertiary/aromatic N) is 1. The minimum atomic E-state index is -1.41. The van der Waals surface area contributed by atoms with E-state index in [0.717, 1.165) is 32.1 Å². The van der Waals surface area contributed by atoms with Gasteiger partial charge in [-0.05, 0) is 58.3 Å². The van der Waals surface area contributed by atoms with E-state index in [1.54, 1.807) is 48.5 Å². The quantitative estimate of drug-likeness (QED) is 0.164. The van der Waals surface area contributed by atoms with E-state index in [4.69, 9.17) is 4.74 Å². The van der Waals surface area contributed by atoms with Gasteiger partial charge in [0.05, 0.1) is 12.5 Å². The van der Waals surface area contributed by atoms with Crippen molar-refractivity contribution in [2.75, 3.05) is 20.6 Å². The van der Waals surface area contributed by atoms with Gasteiger partial charge in [0, 0.05) is 20.6 Å². The molecule has 2 unspecified atom stereocenters. The molecule has 262 valence electrons. The lowest BCUT2D eigenvalue weighted by Crippen LogP contribution is -2.60. The zero-order valence-corrected chi connectivity index (χ0v) is 29.2.